The van der Waals surface area contributed by atoms with Crippen molar-refractivity contribution in [2.75, 3.05) is 0 Å². The van der Waals surface area contributed by atoms with Gasteiger partial charge < -0.3 is 2.85 Å². The van der Waals surface area contributed by atoms with E-state index in [1.807, 2.05) is 6.07 Å². The van der Waals surface area contributed by atoms with Crippen molar-refractivity contribution in [3.05, 3.63) is 29.8 Å². The van der Waals surface area contributed by atoms with Gasteiger partial charge in [0.15, 0.2) is 0 Å². The van der Waals surface area contributed by atoms with Gasteiger partial charge in [0.1, 0.15) is 0 Å². The molecule has 1 N–H and O–H groups in total. The van der Waals surface area contributed by atoms with E-state index in [0.717, 1.165) is 18.4 Å². The van der Waals surface area contributed by atoms with Gasteiger partial charge in [0, 0.05) is 0 Å². The molecule has 0 aliphatic carbocycles. The average molecular weight is 416 g/mol. The molecule has 130 valence electrons. The zero-order chi connectivity index (χ0) is 16.3. The van der Waals surface area contributed by atoms with Gasteiger partial charge in [-0.3, -0.25) is 4.55 Å². The maximum Gasteiger partial charge on any atom is 2.00 e. The van der Waals surface area contributed by atoms with Crippen LogP contribution in [0, 0.1) is 0 Å². The predicted molar refractivity (Wildman–Crippen MR) is 99.8 cm³/mol. The Kier molecular flexibility index (Phi) is 14.2. The number of aryl methyl sites for hydroxylation is 1. The third kappa shape index (κ3) is 11.0. The van der Waals surface area contributed by atoms with Crippen LogP contribution >= 0.6 is 0 Å². The van der Waals surface area contributed by atoms with Gasteiger partial charge in [-0.25, -0.2) is 0 Å². The van der Waals surface area contributed by atoms with Crippen LogP contribution < -0.4 is 0 Å². The molecule has 0 heterocycles. The Morgan fingerprint density at radius 3 is 1.87 bits per heavy atom. The molecule has 0 amide bonds. The van der Waals surface area contributed by atoms with Gasteiger partial charge in [0.05, 0.1) is 4.90 Å². The van der Waals surface area contributed by atoms with Crippen LogP contribution in [0.4, 0.5) is 0 Å². The minimum atomic E-state index is -4.10. The van der Waals surface area contributed by atoms with Crippen LogP contribution in [0.5, 0.6) is 0 Å². The molecule has 5 heteroatoms. The molecular formula is C18H32O3SSr. The molecule has 0 radical (unpaired) electrons. The molecule has 0 unspecified atom stereocenters. The van der Waals surface area contributed by atoms with Crippen molar-refractivity contribution in [3.8, 4) is 0 Å². The molecule has 0 spiro atoms. The minimum absolute atomic E-state index is 0. The van der Waals surface area contributed by atoms with Crippen molar-refractivity contribution in [3.63, 3.8) is 0 Å². The van der Waals surface area contributed by atoms with Crippen LogP contribution in [0.1, 0.15) is 79.5 Å². The first-order chi connectivity index (χ1) is 10.6. The first-order valence-corrected chi connectivity index (χ1v) is 10.0. The maximum atomic E-state index is 11.3. The van der Waals surface area contributed by atoms with Crippen LogP contribution in [-0.2, 0) is 16.5 Å². The van der Waals surface area contributed by atoms with Crippen LogP contribution in [0.25, 0.3) is 0 Å². The average Bonchev–Trinajstić information content (AvgIpc) is 2.48. The first-order valence-electron chi connectivity index (χ1n) is 8.61. The normalized spacial score (nSPS) is 11.2. The summed E-state index contributed by atoms with van der Waals surface area (Å²) in [5.74, 6) is 0. The van der Waals surface area contributed by atoms with Gasteiger partial charge in [-0.15, -0.1) is 0 Å². The summed E-state index contributed by atoms with van der Waals surface area (Å²) in [5, 5.41) is 0. The second-order valence-electron chi connectivity index (χ2n) is 6.01. The summed E-state index contributed by atoms with van der Waals surface area (Å²) < 4.78 is 31.8. The number of hydrogen-bond donors (Lipinski definition) is 1. The smallest absolute Gasteiger partial charge is 1.00 e. The standard InChI is InChI=1S/C18H30O3S.Sr.2H/c1-2-3-4-5-6-7-8-9-10-11-14-17-15-12-13-16-18(17)22(19,20)21;;;/h12-13,15-16H,2-11,14H2,1H3,(H,19,20,21);;;/q;+2;2*-1. The number of benzene rings is 1. The molecule has 3 nitrogen and oxygen atoms in total. The summed E-state index contributed by atoms with van der Waals surface area (Å²) in [6.45, 7) is 2.24. The molecule has 0 saturated carbocycles. The fraction of sp³-hybridized carbons (Fsp3) is 0.667. The fourth-order valence-electron chi connectivity index (χ4n) is 2.76. The van der Waals surface area contributed by atoms with Gasteiger partial charge in [0.2, 0.25) is 0 Å². The van der Waals surface area contributed by atoms with E-state index in [-0.39, 0.29) is 53.2 Å². The molecule has 0 aromatic heterocycles. The third-order valence-corrected chi connectivity index (χ3v) is 5.00. The van der Waals surface area contributed by atoms with E-state index in [1.165, 1.54) is 57.4 Å². The summed E-state index contributed by atoms with van der Waals surface area (Å²) in [6, 6.07) is 6.73. The fourth-order valence-corrected chi connectivity index (χ4v) is 3.52. The SMILES string of the molecule is CCCCCCCCCCCCc1ccccc1S(=O)(=O)O.[H-].[H-].[Sr+2]. The van der Waals surface area contributed by atoms with Gasteiger partial charge in [-0.1, -0.05) is 82.9 Å². The maximum absolute atomic E-state index is 11.3. The Labute approximate surface area is 182 Å². The first kappa shape index (κ1) is 23.6. The molecule has 23 heavy (non-hydrogen) atoms. The van der Waals surface area contributed by atoms with Gasteiger partial charge in [-0.05, 0) is 24.5 Å². The zero-order valence-corrected chi connectivity index (χ0v) is 18.8. The predicted octanol–water partition coefficient (Wildman–Crippen LogP) is 5.24. The van der Waals surface area contributed by atoms with E-state index < -0.39 is 10.1 Å². The summed E-state index contributed by atoms with van der Waals surface area (Å²) >= 11 is 0. The monoisotopic (exact) mass is 416 g/mol. The summed E-state index contributed by atoms with van der Waals surface area (Å²) in [7, 11) is -4.10. The second kappa shape index (κ2) is 13.9. The van der Waals surface area contributed by atoms with Crippen LogP contribution in [0.2, 0.25) is 0 Å². The van der Waals surface area contributed by atoms with Crippen molar-refractivity contribution in [2.24, 2.45) is 0 Å². The molecular weight excluding hydrogens is 384 g/mol. The Balaban J connectivity index is -0.00000161. The number of unbranched alkanes of at least 4 members (excludes halogenated alkanes) is 9. The van der Waals surface area contributed by atoms with Crippen molar-refractivity contribution >= 4 is 55.6 Å². The Morgan fingerprint density at radius 2 is 1.35 bits per heavy atom. The van der Waals surface area contributed by atoms with Crippen LogP contribution in [-0.4, -0.2) is 58.5 Å². The van der Waals surface area contributed by atoms with Crippen LogP contribution in [0.3, 0.4) is 0 Å². The molecule has 0 bridgehead atoms. The number of rotatable bonds is 12. The van der Waals surface area contributed by atoms with E-state index in [4.69, 9.17) is 0 Å². The Morgan fingerprint density at radius 1 is 0.870 bits per heavy atom. The molecule has 0 saturated heterocycles. The van der Waals surface area contributed by atoms with E-state index in [9.17, 15) is 13.0 Å². The number of hydrogen-bond acceptors (Lipinski definition) is 2. The summed E-state index contributed by atoms with van der Waals surface area (Å²) in [4.78, 5) is 0.0610. The molecule has 0 atom stereocenters. The topological polar surface area (TPSA) is 54.4 Å². The Bertz CT molecular complexity index is 525. The van der Waals surface area contributed by atoms with Crippen molar-refractivity contribution in [1.29, 1.82) is 0 Å². The largest absolute Gasteiger partial charge is 2.00 e. The van der Waals surface area contributed by atoms with E-state index >= 15 is 0 Å². The molecule has 0 fully saturated rings. The van der Waals surface area contributed by atoms with Crippen LogP contribution in [0.15, 0.2) is 29.2 Å². The third-order valence-electron chi connectivity index (χ3n) is 4.05. The van der Waals surface area contributed by atoms with E-state index in [2.05, 4.69) is 6.92 Å². The van der Waals surface area contributed by atoms with E-state index in [1.54, 1.807) is 12.1 Å². The van der Waals surface area contributed by atoms with Gasteiger partial charge >= 0.3 is 45.5 Å². The molecule has 1 aromatic carbocycles. The molecule has 1 rings (SSSR count). The summed E-state index contributed by atoms with van der Waals surface area (Å²) in [6.07, 6.45) is 13.3. The minimum Gasteiger partial charge on any atom is -1.00 e. The zero-order valence-electron chi connectivity index (χ0n) is 16.5. The van der Waals surface area contributed by atoms with E-state index in [0.29, 0.717) is 6.42 Å². The van der Waals surface area contributed by atoms with Crippen molar-refractivity contribution in [1.82, 2.24) is 0 Å². The Hall–Kier alpha value is 0.611. The second-order valence-corrected chi connectivity index (χ2v) is 7.40. The summed E-state index contributed by atoms with van der Waals surface area (Å²) in [5.41, 5.74) is 0.726. The molecule has 1 aromatic rings. The quantitative estimate of drug-likeness (QED) is 0.288. The van der Waals surface area contributed by atoms with Crippen molar-refractivity contribution < 1.29 is 15.8 Å². The molecule has 0 aliphatic rings. The van der Waals surface area contributed by atoms with Crippen molar-refractivity contribution in [2.45, 2.75) is 82.4 Å². The van der Waals surface area contributed by atoms with Gasteiger partial charge in [-0.2, -0.15) is 8.42 Å². The van der Waals surface area contributed by atoms with Gasteiger partial charge in [0.25, 0.3) is 10.1 Å². The molecule has 0 aliphatic heterocycles.